The van der Waals surface area contributed by atoms with Gasteiger partial charge in [0.2, 0.25) is 5.88 Å². The standard InChI is InChI=1S/C13H9FN2O/c1-17-13-6-5-9(8-16-13)10-3-2-4-12(14)11(10)7-15/h2-6,8H,1H3. The van der Waals surface area contributed by atoms with Crippen molar-refractivity contribution in [2.24, 2.45) is 0 Å². The molecule has 0 bridgehead atoms. The molecule has 0 atom stereocenters. The van der Waals surface area contributed by atoms with E-state index < -0.39 is 5.82 Å². The zero-order chi connectivity index (χ0) is 12.3. The lowest BCUT2D eigenvalue weighted by Gasteiger charge is -2.05. The van der Waals surface area contributed by atoms with E-state index in [1.165, 1.54) is 13.2 Å². The number of benzene rings is 1. The van der Waals surface area contributed by atoms with Gasteiger partial charge in [-0.25, -0.2) is 9.37 Å². The minimum absolute atomic E-state index is 0.0273. The summed E-state index contributed by atoms with van der Waals surface area (Å²) in [5.74, 6) is -0.0514. The molecule has 2 aromatic rings. The molecule has 0 unspecified atom stereocenters. The van der Waals surface area contributed by atoms with Gasteiger partial charge in [-0.2, -0.15) is 5.26 Å². The van der Waals surface area contributed by atoms with Gasteiger partial charge in [0.15, 0.2) is 0 Å². The van der Waals surface area contributed by atoms with Crippen molar-refractivity contribution < 1.29 is 9.13 Å². The van der Waals surface area contributed by atoms with Gasteiger partial charge in [0.1, 0.15) is 11.9 Å². The van der Waals surface area contributed by atoms with Crippen LogP contribution >= 0.6 is 0 Å². The molecule has 17 heavy (non-hydrogen) atoms. The molecule has 0 amide bonds. The summed E-state index contributed by atoms with van der Waals surface area (Å²) >= 11 is 0. The molecule has 0 spiro atoms. The monoisotopic (exact) mass is 228 g/mol. The normalized spacial score (nSPS) is 9.71. The van der Waals surface area contributed by atoms with E-state index in [0.29, 0.717) is 17.0 Å². The summed E-state index contributed by atoms with van der Waals surface area (Å²) in [6.07, 6.45) is 1.55. The second-order valence-corrected chi connectivity index (χ2v) is 3.36. The van der Waals surface area contributed by atoms with Crippen molar-refractivity contribution >= 4 is 0 Å². The Kier molecular flexibility index (Phi) is 3.01. The summed E-state index contributed by atoms with van der Waals surface area (Å²) in [5, 5.41) is 8.93. The molecule has 0 fully saturated rings. The van der Waals surface area contributed by atoms with Crippen LogP contribution in [0, 0.1) is 17.1 Å². The van der Waals surface area contributed by atoms with Gasteiger partial charge >= 0.3 is 0 Å². The van der Waals surface area contributed by atoms with Crippen LogP contribution in [0.25, 0.3) is 11.1 Å². The molecule has 1 heterocycles. The van der Waals surface area contributed by atoms with Gasteiger partial charge < -0.3 is 4.74 Å². The zero-order valence-electron chi connectivity index (χ0n) is 9.14. The van der Waals surface area contributed by atoms with E-state index in [2.05, 4.69) is 4.98 Å². The topological polar surface area (TPSA) is 45.9 Å². The summed E-state index contributed by atoms with van der Waals surface area (Å²) in [6, 6.07) is 9.78. The smallest absolute Gasteiger partial charge is 0.212 e. The fourth-order valence-corrected chi connectivity index (χ4v) is 1.54. The van der Waals surface area contributed by atoms with E-state index in [1.807, 2.05) is 6.07 Å². The largest absolute Gasteiger partial charge is 0.481 e. The molecule has 2 rings (SSSR count). The predicted molar refractivity (Wildman–Crippen MR) is 60.9 cm³/mol. The minimum Gasteiger partial charge on any atom is -0.481 e. The number of hydrogen-bond acceptors (Lipinski definition) is 3. The summed E-state index contributed by atoms with van der Waals surface area (Å²) in [7, 11) is 1.52. The van der Waals surface area contributed by atoms with Crippen LogP contribution in [0.4, 0.5) is 4.39 Å². The van der Waals surface area contributed by atoms with Gasteiger partial charge in [-0.15, -0.1) is 0 Å². The van der Waals surface area contributed by atoms with Gasteiger partial charge in [-0.1, -0.05) is 12.1 Å². The SMILES string of the molecule is COc1ccc(-c2cccc(F)c2C#N)cn1. The number of methoxy groups -OCH3 is 1. The van der Waals surface area contributed by atoms with Crippen molar-refractivity contribution in [2.75, 3.05) is 7.11 Å². The maximum Gasteiger partial charge on any atom is 0.212 e. The first-order chi connectivity index (χ1) is 8.26. The van der Waals surface area contributed by atoms with Crippen molar-refractivity contribution in [3.63, 3.8) is 0 Å². The van der Waals surface area contributed by atoms with Gasteiger partial charge in [-0.3, -0.25) is 0 Å². The third-order valence-corrected chi connectivity index (χ3v) is 2.38. The van der Waals surface area contributed by atoms with Crippen LogP contribution in [-0.2, 0) is 0 Å². The number of nitrogens with zero attached hydrogens (tertiary/aromatic N) is 2. The van der Waals surface area contributed by atoms with E-state index in [-0.39, 0.29) is 5.56 Å². The van der Waals surface area contributed by atoms with Crippen molar-refractivity contribution in [1.29, 1.82) is 5.26 Å². The summed E-state index contributed by atoms with van der Waals surface area (Å²) in [4.78, 5) is 4.02. The lowest BCUT2D eigenvalue weighted by atomic mass is 10.0. The van der Waals surface area contributed by atoms with Crippen LogP contribution in [0.3, 0.4) is 0 Å². The van der Waals surface area contributed by atoms with E-state index in [1.54, 1.807) is 30.5 Å². The molecule has 0 aliphatic carbocycles. The summed E-state index contributed by atoms with van der Waals surface area (Å²) in [6.45, 7) is 0. The van der Waals surface area contributed by atoms with Gasteiger partial charge in [0.05, 0.1) is 12.7 Å². The van der Waals surface area contributed by atoms with Crippen molar-refractivity contribution in [1.82, 2.24) is 4.98 Å². The van der Waals surface area contributed by atoms with Gasteiger partial charge in [0.25, 0.3) is 0 Å². The maximum atomic E-state index is 13.4. The Morgan fingerprint density at radius 1 is 1.29 bits per heavy atom. The molecule has 1 aromatic heterocycles. The van der Waals surface area contributed by atoms with Gasteiger partial charge in [0, 0.05) is 23.4 Å². The van der Waals surface area contributed by atoms with Crippen LogP contribution < -0.4 is 4.74 Å². The fraction of sp³-hybridized carbons (Fsp3) is 0.0769. The Hall–Kier alpha value is -2.41. The molecule has 0 aliphatic heterocycles. The number of halogens is 1. The fourth-order valence-electron chi connectivity index (χ4n) is 1.54. The molecule has 1 aromatic carbocycles. The van der Waals surface area contributed by atoms with Crippen LogP contribution in [-0.4, -0.2) is 12.1 Å². The zero-order valence-corrected chi connectivity index (χ0v) is 9.14. The number of pyridine rings is 1. The highest BCUT2D eigenvalue weighted by Gasteiger charge is 2.09. The molecule has 0 aliphatic rings. The highest BCUT2D eigenvalue weighted by Crippen LogP contribution is 2.25. The average molecular weight is 228 g/mol. The molecule has 0 radical (unpaired) electrons. The van der Waals surface area contributed by atoms with Crippen molar-refractivity contribution in [2.45, 2.75) is 0 Å². The quantitative estimate of drug-likeness (QED) is 0.793. The van der Waals surface area contributed by atoms with E-state index in [9.17, 15) is 4.39 Å². The number of aromatic nitrogens is 1. The lowest BCUT2D eigenvalue weighted by molar-refractivity contribution is 0.398. The first kappa shape index (κ1) is 11.1. The summed E-state index contributed by atoms with van der Waals surface area (Å²) < 4.78 is 18.3. The third kappa shape index (κ3) is 2.08. The number of ether oxygens (including phenoxy) is 1. The van der Waals surface area contributed by atoms with E-state index in [0.717, 1.165) is 0 Å². The Morgan fingerprint density at radius 2 is 2.12 bits per heavy atom. The van der Waals surface area contributed by atoms with Crippen LogP contribution in [0.15, 0.2) is 36.5 Å². The first-order valence-corrected chi connectivity index (χ1v) is 4.95. The Balaban J connectivity index is 2.53. The van der Waals surface area contributed by atoms with Crippen molar-refractivity contribution in [3.05, 3.63) is 47.9 Å². The number of nitriles is 1. The van der Waals surface area contributed by atoms with Gasteiger partial charge in [-0.05, 0) is 12.1 Å². The first-order valence-electron chi connectivity index (χ1n) is 4.95. The highest BCUT2D eigenvalue weighted by molar-refractivity contribution is 5.70. The molecular weight excluding hydrogens is 219 g/mol. The molecular formula is C13H9FN2O. The second-order valence-electron chi connectivity index (χ2n) is 3.36. The Bertz CT molecular complexity index is 573. The lowest BCUT2D eigenvalue weighted by Crippen LogP contribution is -1.91. The maximum absolute atomic E-state index is 13.4. The van der Waals surface area contributed by atoms with Crippen LogP contribution in [0.1, 0.15) is 5.56 Å². The molecule has 0 N–H and O–H groups in total. The summed E-state index contributed by atoms with van der Waals surface area (Å²) in [5.41, 5.74) is 1.24. The van der Waals surface area contributed by atoms with E-state index >= 15 is 0 Å². The molecule has 4 heteroatoms. The van der Waals surface area contributed by atoms with Crippen LogP contribution in [0.2, 0.25) is 0 Å². The molecule has 0 saturated heterocycles. The Labute approximate surface area is 98.1 Å². The van der Waals surface area contributed by atoms with Crippen LogP contribution in [0.5, 0.6) is 5.88 Å². The average Bonchev–Trinajstić information content (AvgIpc) is 2.38. The molecule has 0 saturated carbocycles. The number of hydrogen-bond donors (Lipinski definition) is 0. The Morgan fingerprint density at radius 3 is 2.71 bits per heavy atom. The number of rotatable bonds is 2. The van der Waals surface area contributed by atoms with E-state index in [4.69, 9.17) is 10.00 Å². The second kappa shape index (κ2) is 4.62. The predicted octanol–water partition coefficient (Wildman–Crippen LogP) is 2.77. The molecule has 84 valence electrons. The minimum atomic E-state index is -0.527. The van der Waals surface area contributed by atoms with Crippen molar-refractivity contribution in [3.8, 4) is 23.1 Å². The third-order valence-electron chi connectivity index (χ3n) is 2.38. The highest BCUT2D eigenvalue weighted by atomic mass is 19.1. The molecule has 3 nitrogen and oxygen atoms in total.